The number of fused-ring (bicyclic) bond motifs is 1. The highest BCUT2D eigenvalue weighted by Gasteiger charge is 2.41. The number of para-hydroxylation sites is 1. The van der Waals surface area contributed by atoms with E-state index in [0.29, 0.717) is 10.0 Å². The molecule has 2 aromatic carbocycles. The van der Waals surface area contributed by atoms with E-state index >= 15 is 0 Å². The minimum Gasteiger partial charge on any atom is -0.396 e. The monoisotopic (exact) mass is 382 g/mol. The van der Waals surface area contributed by atoms with Crippen molar-refractivity contribution in [3.05, 3.63) is 88.1 Å². The van der Waals surface area contributed by atoms with E-state index in [1.54, 1.807) is 24.5 Å². The van der Waals surface area contributed by atoms with E-state index in [1.807, 2.05) is 48.6 Å². The van der Waals surface area contributed by atoms with Gasteiger partial charge in [-0.1, -0.05) is 53.5 Å². The number of allylic oxidation sites excluding steroid dienone is 1. The highest BCUT2D eigenvalue weighted by atomic mass is 35.5. The van der Waals surface area contributed by atoms with Gasteiger partial charge in [0.25, 0.3) is 0 Å². The van der Waals surface area contributed by atoms with Crippen LogP contribution in [0.3, 0.4) is 0 Å². The third-order valence-corrected chi connectivity index (χ3v) is 5.60. The number of hydrogen-bond acceptors (Lipinski definition) is 3. The van der Waals surface area contributed by atoms with Gasteiger partial charge in [-0.3, -0.25) is 9.98 Å². The summed E-state index contributed by atoms with van der Waals surface area (Å²) in [4.78, 5) is 9.24. The van der Waals surface area contributed by atoms with Crippen molar-refractivity contribution in [3.63, 3.8) is 0 Å². The summed E-state index contributed by atoms with van der Waals surface area (Å²) >= 11 is 12.3. The van der Waals surface area contributed by atoms with Gasteiger partial charge in [0.1, 0.15) is 5.54 Å². The van der Waals surface area contributed by atoms with Crippen molar-refractivity contribution in [2.45, 2.75) is 11.5 Å². The molecule has 1 aromatic heterocycles. The summed E-state index contributed by atoms with van der Waals surface area (Å²) in [6.45, 7) is -0.0870. The van der Waals surface area contributed by atoms with E-state index in [2.05, 4.69) is 4.98 Å². The summed E-state index contributed by atoms with van der Waals surface area (Å²) in [5.74, 6) is -0.307. The van der Waals surface area contributed by atoms with E-state index in [1.165, 1.54) is 0 Å². The summed E-state index contributed by atoms with van der Waals surface area (Å²) in [6, 6.07) is 15.4. The topological polar surface area (TPSA) is 45.5 Å². The molecule has 130 valence electrons. The fourth-order valence-corrected chi connectivity index (χ4v) is 3.93. The Hall–Kier alpha value is -2.20. The van der Waals surface area contributed by atoms with Crippen LogP contribution in [-0.4, -0.2) is 22.9 Å². The average molecular weight is 383 g/mol. The summed E-state index contributed by atoms with van der Waals surface area (Å²) in [5, 5.41) is 12.3. The van der Waals surface area contributed by atoms with Gasteiger partial charge in [-0.2, -0.15) is 0 Å². The van der Waals surface area contributed by atoms with Crippen molar-refractivity contribution in [3.8, 4) is 0 Å². The smallest absolute Gasteiger partial charge is 0.114 e. The summed E-state index contributed by atoms with van der Waals surface area (Å²) < 4.78 is 0. The molecule has 0 amide bonds. The number of rotatable bonds is 4. The highest BCUT2D eigenvalue weighted by molar-refractivity contribution is 6.42. The Bertz CT molecular complexity index is 1010. The second-order valence-electron chi connectivity index (χ2n) is 6.25. The molecule has 1 aliphatic rings. The van der Waals surface area contributed by atoms with Gasteiger partial charge >= 0.3 is 0 Å². The van der Waals surface area contributed by atoms with Crippen molar-refractivity contribution in [1.29, 1.82) is 0 Å². The molecule has 1 N–H and O–H groups in total. The zero-order valence-corrected chi connectivity index (χ0v) is 15.3. The Balaban J connectivity index is 1.95. The van der Waals surface area contributed by atoms with Crippen LogP contribution in [-0.2, 0) is 5.54 Å². The third kappa shape index (κ3) is 2.73. The molecular formula is C21H16Cl2N2O. The third-order valence-electron chi connectivity index (χ3n) is 4.86. The number of hydrogen-bond donors (Lipinski definition) is 1. The lowest BCUT2D eigenvalue weighted by Crippen LogP contribution is -2.31. The van der Waals surface area contributed by atoms with Crippen molar-refractivity contribution in [2.24, 2.45) is 4.99 Å². The predicted octanol–water partition coefficient (Wildman–Crippen LogP) is 5.15. The van der Waals surface area contributed by atoms with Crippen molar-refractivity contribution in [1.82, 2.24) is 4.98 Å². The molecule has 2 heterocycles. The maximum atomic E-state index is 10.3. The predicted molar refractivity (Wildman–Crippen MR) is 107 cm³/mol. The maximum absolute atomic E-state index is 10.3. The Morgan fingerprint density at radius 1 is 1.04 bits per heavy atom. The van der Waals surface area contributed by atoms with Gasteiger partial charge in [0.05, 0.1) is 22.2 Å². The largest absolute Gasteiger partial charge is 0.396 e. The molecule has 3 nitrogen and oxygen atoms in total. The SMILES string of the molecule is OCC(c1ccc(Cl)c(Cl)c1)C1(c2ccnc3ccccc23)C=CC=N1. The van der Waals surface area contributed by atoms with Crippen molar-refractivity contribution >= 4 is 40.3 Å². The first-order chi connectivity index (χ1) is 12.7. The lowest BCUT2D eigenvalue weighted by Gasteiger charge is -2.34. The fraction of sp³-hybridized carbons (Fsp3) is 0.143. The van der Waals surface area contributed by atoms with Crippen molar-refractivity contribution in [2.75, 3.05) is 6.61 Å². The standard InChI is InChI=1S/C21H16Cl2N2O/c22-18-7-6-14(12-19(18)23)17(13-26)21(9-3-10-25-21)16-8-11-24-20-5-2-1-4-15(16)20/h1-12,17,26H,13H2. The molecule has 3 aromatic rings. The molecule has 2 unspecified atom stereocenters. The number of pyridine rings is 1. The van der Waals surface area contributed by atoms with E-state index < -0.39 is 5.54 Å². The van der Waals surface area contributed by atoms with Crippen LogP contribution in [0.4, 0.5) is 0 Å². The van der Waals surface area contributed by atoms with Crippen LogP contribution >= 0.6 is 23.2 Å². The first kappa shape index (κ1) is 17.2. The first-order valence-electron chi connectivity index (χ1n) is 8.29. The van der Waals surface area contributed by atoms with Crippen LogP contribution in [0.5, 0.6) is 0 Å². The molecule has 1 aliphatic heterocycles. The second kappa shape index (κ2) is 6.84. The zero-order valence-electron chi connectivity index (χ0n) is 13.8. The quantitative estimate of drug-likeness (QED) is 0.677. The van der Waals surface area contributed by atoms with Crippen LogP contribution < -0.4 is 0 Å². The second-order valence-corrected chi connectivity index (χ2v) is 7.06. The molecular weight excluding hydrogens is 367 g/mol. The normalized spacial score (nSPS) is 20.0. The molecule has 0 saturated carbocycles. The summed E-state index contributed by atoms with van der Waals surface area (Å²) in [5.41, 5.74) is 2.05. The van der Waals surface area contributed by atoms with Crippen LogP contribution in [0.25, 0.3) is 10.9 Å². The van der Waals surface area contributed by atoms with Gasteiger partial charge in [0.15, 0.2) is 0 Å². The molecule has 0 saturated heterocycles. The highest BCUT2D eigenvalue weighted by Crippen LogP contribution is 2.46. The minimum absolute atomic E-state index is 0.0870. The van der Waals surface area contributed by atoms with Gasteiger partial charge in [0, 0.05) is 23.7 Å². The lowest BCUT2D eigenvalue weighted by atomic mass is 9.74. The van der Waals surface area contributed by atoms with Gasteiger partial charge in [-0.25, -0.2) is 0 Å². The molecule has 2 atom stereocenters. The van der Waals surface area contributed by atoms with Crippen molar-refractivity contribution < 1.29 is 5.11 Å². The summed E-state index contributed by atoms with van der Waals surface area (Å²) in [6.07, 6.45) is 7.49. The molecule has 0 fully saturated rings. The van der Waals surface area contributed by atoms with Gasteiger partial charge in [-0.15, -0.1) is 0 Å². The van der Waals surface area contributed by atoms with Crippen LogP contribution in [0.2, 0.25) is 10.0 Å². The van der Waals surface area contributed by atoms with Gasteiger partial charge in [-0.05, 0) is 41.5 Å². The fourth-order valence-electron chi connectivity index (χ4n) is 3.63. The number of nitrogens with zero attached hydrogens (tertiary/aromatic N) is 2. The molecule has 5 heteroatoms. The van der Waals surface area contributed by atoms with E-state index in [4.69, 9.17) is 28.2 Å². The maximum Gasteiger partial charge on any atom is 0.114 e. The van der Waals surface area contributed by atoms with Crippen LogP contribution in [0.1, 0.15) is 17.0 Å². The molecule has 0 radical (unpaired) electrons. The Kier molecular flexibility index (Phi) is 4.53. The molecule has 26 heavy (non-hydrogen) atoms. The van der Waals surface area contributed by atoms with E-state index in [9.17, 15) is 5.11 Å². The number of aliphatic hydroxyl groups excluding tert-OH is 1. The Morgan fingerprint density at radius 3 is 2.62 bits per heavy atom. The molecule has 0 bridgehead atoms. The number of aliphatic imine (C=N–C) groups is 1. The number of aliphatic hydroxyl groups is 1. The zero-order chi connectivity index (χ0) is 18.1. The van der Waals surface area contributed by atoms with Gasteiger partial charge in [0.2, 0.25) is 0 Å². The minimum atomic E-state index is -0.728. The van der Waals surface area contributed by atoms with E-state index in [0.717, 1.165) is 22.0 Å². The molecule has 0 spiro atoms. The number of aromatic nitrogens is 1. The van der Waals surface area contributed by atoms with E-state index in [-0.39, 0.29) is 12.5 Å². The summed E-state index contributed by atoms with van der Waals surface area (Å²) in [7, 11) is 0. The van der Waals surface area contributed by atoms with Crippen LogP contribution in [0, 0.1) is 0 Å². The Morgan fingerprint density at radius 2 is 1.88 bits per heavy atom. The molecule has 0 aliphatic carbocycles. The lowest BCUT2D eigenvalue weighted by molar-refractivity contribution is 0.228. The number of benzene rings is 2. The Labute approximate surface area is 161 Å². The first-order valence-corrected chi connectivity index (χ1v) is 9.04. The number of halogens is 2. The molecule has 4 rings (SSSR count). The van der Waals surface area contributed by atoms with Crippen LogP contribution in [0.15, 0.2) is 71.9 Å². The average Bonchev–Trinajstić information content (AvgIpc) is 3.15. The van der Waals surface area contributed by atoms with Gasteiger partial charge < -0.3 is 5.11 Å².